The van der Waals surface area contributed by atoms with Crippen LogP contribution >= 0.6 is 0 Å². The van der Waals surface area contributed by atoms with E-state index in [0.717, 1.165) is 18.3 Å². The van der Waals surface area contributed by atoms with E-state index < -0.39 is 6.09 Å². The number of hydrogen-bond acceptors (Lipinski definition) is 2. The molecule has 0 spiro atoms. The average molecular weight is 268 g/mol. The Morgan fingerprint density at radius 3 is 2.32 bits per heavy atom. The minimum Gasteiger partial charge on any atom is -0.465 e. The first-order valence-electron chi connectivity index (χ1n) is 7.81. The standard InChI is InChI=1S/C15H28N2O2/c1-16(15(18)19)11-8-13-4-6-14(7-5-13)12-17-9-2-3-10-17/h13-14H,2-12H2,1H3,(H,18,19). The molecule has 1 amide bonds. The third kappa shape index (κ3) is 4.68. The monoisotopic (exact) mass is 268 g/mol. The first-order valence-corrected chi connectivity index (χ1v) is 7.81. The summed E-state index contributed by atoms with van der Waals surface area (Å²) in [6.07, 6.45) is 8.29. The quantitative estimate of drug-likeness (QED) is 0.834. The molecule has 4 heteroatoms. The summed E-state index contributed by atoms with van der Waals surface area (Å²) in [6, 6.07) is 0. The zero-order valence-corrected chi connectivity index (χ0v) is 12.2. The lowest BCUT2D eigenvalue weighted by atomic mass is 9.80. The zero-order valence-electron chi connectivity index (χ0n) is 12.2. The van der Waals surface area contributed by atoms with Gasteiger partial charge in [0.05, 0.1) is 0 Å². The molecule has 2 rings (SSSR count). The Balaban J connectivity index is 1.60. The van der Waals surface area contributed by atoms with E-state index in [4.69, 9.17) is 5.11 Å². The Hall–Kier alpha value is -0.770. The fourth-order valence-corrected chi connectivity index (χ4v) is 3.50. The van der Waals surface area contributed by atoms with Gasteiger partial charge in [-0.15, -0.1) is 0 Å². The highest BCUT2D eigenvalue weighted by molar-refractivity contribution is 5.64. The Kier molecular flexibility index (Phi) is 5.49. The predicted molar refractivity (Wildman–Crippen MR) is 76.4 cm³/mol. The Labute approximate surface area is 116 Å². The molecule has 0 aromatic carbocycles. The summed E-state index contributed by atoms with van der Waals surface area (Å²) in [4.78, 5) is 14.8. The van der Waals surface area contributed by atoms with Gasteiger partial charge in [0, 0.05) is 20.1 Å². The molecule has 0 bridgehead atoms. The predicted octanol–water partition coefficient (Wildman–Crippen LogP) is 2.89. The van der Waals surface area contributed by atoms with Crippen LogP contribution < -0.4 is 0 Å². The Bertz CT molecular complexity index is 282. The van der Waals surface area contributed by atoms with Gasteiger partial charge in [0.1, 0.15) is 0 Å². The van der Waals surface area contributed by atoms with Crippen LogP contribution in [0, 0.1) is 11.8 Å². The van der Waals surface area contributed by atoms with Gasteiger partial charge < -0.3 is 14.9 Å². The van der Waals surface area contributed by atoms with E-state index in [1.807, 2.05) is 0 Å². The smallest absolute Gasteiger partial charge is 0.407 e. The lowest BCUT2D eigenvalue weighted by molar-refractivity contribution is 0.147. The fraction of sp³-hybridized carbons (Fsp3) is 0.933. The minimum atomic E-state index is -0.803. The van der Waals surface area contributed by atoms with E-state index in [-0.39, 0.29) is 0 Å². The van der Waals surface area contributed by atoms with Crippen LogP contribution in [0.3, 0.4) is 0 Å². The maximum Gasteiger partial charge on any atom is 0.407 e. The molecule has 1 N–H and O–H groups in total. The first-order chi connectivity index (χ1) is 9.15. The molecule has 1 aliphatic heterocycles. The van der Waals surface area contributed by atoms with Crippen molar-refractivity contribution in [3.8, 4) is 0 Å². The molecule has 4 nitrogen and oxygen atoms in total. The third-order valence-electron chi connectivity index (χ3n) is 4.88. The molecule has 0 radical (unpaired) electrons. The van der Waals surface area contributed by atoms with E-state index in [0.29, 0.717) is 6.54 Å². The molecule has 1 aliphatic carbocycles. The second kappa shape index (κ2) is 7.13. The maximum atomic E-state index is 10.7. The van der Waals surface area contributed by atoms with E-state index in [1.165, 1.54) is 63.1 Å². The molecule has 1 heterocycles. The fourth-order valence-electron chi connectivity index (χ4n) is 3.50. The summed E-state index contributed by atoms with van der Waals surface area (Å²) in [5.41, 5.74) is 0. The van der Waals surface area contributed by atoms with Crippen LogP contribution in [0.1, 0.15) is 44.9 Å². The minimum absolute atomic E-state index is 0.691. The van der Waals surface area contributed by atoms with Crippen LogP contribution in [0.5, 0.6) is 0 Å². The number of amides is 1. The van der Waals surface area contributed by atoms with Gasteiger partial charge in [0.2, 0.25) is 0 Å². The van der Waals surface area contributed by atoms with E-state index >= 15 is 0 Å². The van der Waals surface area contributed by atoms with Crippen molar-refractivity contribution in [3.63, 3.8) is 0 Å². The number of hydrogen-bond donors (Lipinski definition) is 1. The van der Waals surface area contributed by atoms with Crippen LogP contribution in [0.25, 0.3) is 0 Å². The molecule has 2 fully saturated rings. The molecule has 1 saturated heterocycles. The second-order valence-electron chi connectivity index (χ2n) is 6.39. The van der Waals surface area contributed by atoms with E-state index in [2.05, 4.69) is 4.90 Å². The summed E-state index contributed by atoms with van der Waals surface area (Å²) in [6.45, 7) is 4.62. The van der Waals surface area contributed by atoms with E-state index in [9.17, 15) is 4.79 Å². The summed E-state index contributed by atoms with van der Waals surface area (Å²) in [5.74, 6) is 1.64. The van der Waals surface area contributed by atoms with Gasteiger partial charge in [-0.1, -0.05) is 12.8 Å². The molecular formula is C15H28N2O2. The average Bonchev–Trinajstić information content (AvgIpc) is 2.90. The molecular weight excluding hydrogens is 240 g/mol. The normalized spacial score (nSPS) is 28.5. The molecule has 0 unspecified atom stereocenters. The largest absolute Gasteiger partial charge is 0.465 e. The summed E-state index contributed by atoms with van der Waals surface area (Å²) >= 11 is 0. The number of carbonyl (C=O) groups is 1. The van der Waals surface area contributed by atoms with Crippen LogP contribution in [-0.2, 0) is 0 Å². The SMILES string of the molecule is CN(CCC1CCC(CN2CCCC2)CC1)C(=O)O. The van der Waals surface area contributed by atoms with Crippen LogP contribution in [0.15, 0.2) is 0 Å². The van der Waals surface area contributed by atoms with Crippen LogP contribution in [0.4, 0.5) is 4.79 Å². The highest BCUT2D eigenvalue weighted by Crippen LogP contribution is 2.31. The van der Waals surface area contributed by atoms with Gasteiger partial charge >= 0.3 is 6.09 Å². The number of nitrogens with zero attached hydrogens (tertiary/aromatic N) is 2. The zero-order chi connectivity index (χ0) is 13.7. The summed E-state index contributed by atoms with van der Waals surface area (Å²) in [5, 5.41) is 8.83. The van der Waals surface area contributed by atoms with Gasteiger partial charge in [-0.2, -0.15) is 0 Å². The van der Waals surface area contributed by atoms with Crippen molar-refractivity contribution in [2.45, 2.75) is 44.9 Å². The van der Waals surface area contributed by atoms with Crippen molar-refractivity contribution in [3.05, 3.63) is 0 Å². The molecule has 0 atom stereocenters. The molecule has 110 valence electrons. The lowest BCUT2D eigenvalue weighted by Gasteiger charge is -2.31. The van der Waals surface area contributed by atoms with Gasteiger partial charge in [-0.3, -0.25) is 0 Å². The van der Waals surface area contributed by atoms with Gasteiger partial charge in [-0.05, 0) is 57.0 Å². The highest BCUT2D eigenvalue weighted by Gasteiger charge is 2.24. The van der Waals surface area contributed by atoms with Gasteiger partial charge in [-0.25, -0.2) is 4.79 Å². The van der Waals surface area contributed by atoms with Gasteiger partial charge in [0.15, 0.2) is 0 Å². The molecule has 0 aromatic heterocycles. The third-order valence-corrected chi connectivity index (χ3v) is 4.88. The Morgan fingerprint density at radius 1 is 1.16 bits per heavy atom. The first kappa shape index (κ1) is 14.6. The molecule has 0 aromatic rings. The number of rotatable bonds is 5. The summed E-state index contributed by atoms with van der Waals surface area (Å²) in [7, 11) is 1.67. The molecule has 2 aliphatic rings. The maximum absolute atomic E-state index is 10.7. The van der Waals surface area contributed by atoms with Gasteiger partial charge in [0.25, 0.3) is 0 Å². The van der Waals surface area contributed by atoms with E-state index in [1.54, 1.807) is 7.05 Å². The van der Waals surface area contributed by atoms with Crippen molar-refractivity contribution in [2.75, 3.05) is 33.2 Å². The van der Waals surface area contributed by atoms with Crippen molar-refractivity contribution in [1.29, 1.82) is 0 Å². The molecule has 1 saturated carbocycles. The van der Waals surface area contributed by atoms with Crippen molar-refractivity contribution < 1.29 is 9.90 Å². The number of carboxylic acid groups (broad SMARTS) is 1. The number of likely N-dealkylation sites (tertiary alicyclic amines) is 1. The van der Waals surface area contributed by atoms with Crippen molar-refractivity contribution in [2.24, 2.45) is 11.8 Å². The highest BCUT2D eigenvalue weighted by atomic mass is 16.4. The summed E-state index contributed by atoms with van der Waals surface area (Å²) < 4.78 is 0. The Morgan fingerprint density at radius 2 is 1.74 bits per heavy atom. The topological polar surface area (TPSA) is 43.8 Å². The van der Waals surface area contributed by atoms with Crippen molar-refractivity contribution in [1.82, 2.24) is 9.80 Å². The van der Waals surface area contributed by atoms with Crippen molar-refractivity contribution >= 4 is 6.09 Å². The second-order valence-corrected chi connectivity index (χ2v) is 6.39. The lowest BCUT2D eigenvalue weighted by Crippen LogP contribution is -2.31. The van der Waals surface area contributed by atoms with Crippen LogP contribution in [-0.4, -0.2) is 54.2 Å². The molecule has 19 heavy (non-hydrogen) atoms. The van der Waals surface area contributed by atoms with Crippen LogP contribution in [0.2, 0.25) is 0 Å².